The van der Waals surface area contributed by atoms with Crippen LogP contribution in [0.1, 0.15) is 0 Å². The molecule has 0 fully saturated rings. The van der Waals surface area contributed by atoms with Crippen molar-refractivity contribution in [3.05, 3.63) is 11.8 Å². The van der Waals surface area contributed by atoms with Crippen molar-refractivity contribution in [1.82, 2.24) is 10.3 Å². The average Bonchev–Trinajstić information content (AvgIpc) is 2.30. The number of halogens is 3. The Hall–Kier alpha value is -1.93. The number of hydrogen-bond acceptors (Lipinski definition) is 4. The van der Waals surface area contributed by atoms with E-state index in [1.807, 2.05) is 0 Å². The van der Waals surface area contributed by atoms with Gasteiger partial charge in [-0.3, -0.25) is 15.4 Å². The highest BCUT2D eigenvalue weighted by atomic mass is 19.4. The van der Waals surface area contributed by atoms with Crippen LogP contribution in [-0.2, 0) is 0 Å². The molecule has 0 aliphatic heterocycles. The fourth-order valence-corrected chi connectivity index (χ4v) is 1.05. The van der Waals surface area contributed by atoms with Gasteiger partial charge in [-0.15, -0.1) is 0 Å². The van der Waals surface area contributed by atoms with Crippen molar-refractivity contribution in [1.29, 1.82) is 0 Å². The molecule has 1 N–H and O–H groups in total. The van der Waals surface area contributed by atoms with Gasteiger partial charge in [0.15, 0.2) is 0 Å². The molecule has 0 aliphatic carbocycles. The van der Waals surface area contributed by atoms with Gasteiger partial charge in [0.25, 0.3) is 0 Å². The van der Waals surface area contributed by atoms with Gasteiger partial charge in [0.2, 0.25) is 0 Å². The molecule has 0 aromatic heterocycles. The van der Waals surface area contributed by atoms with Gasteiger partial charge in [-0.2, -0.15) is 18.3 Å². The number of alkyl halides is 3. The predicted molar refractivity (Wildman–Crippen MR) is 68.5 cm³/mol. The van der Waals surface area contributed by atoms with Gasteiger partial charge in [-0.1, -0.05) is 5.22 Å². The molecular formula is C10H17F3N6. The van der Waals surface area contributed by atoms with E-state index in [0.717, 1.165) is 11.2 Å². The summed E-state index contributed by atoms with van der Waals surface area (Å²) in [5.74, 6) is 0. The highest BCUT2D eigenvalue weighted by Crippen LogP contribution is 2.14. The standard InChI is InChI=1S/C10H17F3N6/c1-14-9(4-5-17-18-15-2)6-16-8-19(3)7-10(11,12)13/h4,8H,1,5-7H2,2-3H3,(H,15,17)/b9-4-,16-8-. The van der Waals surface area contributed by atoms with Crippen molar-refractivity contribution in [2.24, 2.45) is 20.3 Å². The van der Waals surface area contributed by atoms with Crippen LogP contribution in [0.5, 0.6) is 0 Å². The number of rotatable bonds is 8. The van der Waals surface area contributed by atoms with Gasteiger partial charge in [-0.25, -0.2) is 0 Å². The van der Waals surface area contributed by atoms with Crippen LogP contribution in [0.25, 0.3) is 0 Å². The summed E-state index contributed by atoms with van der Waals surface area (Å²) in [4.78, 5) is 8.49. The second-order valence-corrected chi connectivity index (χ2v) is 3.50. The van der Waals surface area contributed by atoms with Crippen molar-refractivity contribution in [2.75, 3.05) is 33.7 Å². The van der Waals surface area contributed by atoms with Gasteiger partial charge in [0, 0.05) is 7.05 Å². The summed E-state index contributed by atoms with van der Waals surface area (Å²) >= 11 is 0. The molecule has 0 bridgehead atoms. The van der Waals surface area contributed by atoms with Gasteiger partial charge in [-0.05, 0) is 12.8 Å². The molecule has 0 unspecified atom stereocenters. The second-order valence-electron chi connectivity index (χ2n) is 3.50. The summed E-state index contributed by atoms with van der Waals surface area (Å²) < 4.78 is 36.1. The Morgan fingerprint density at radius 1 is 1.42 bits per heavy atom. The van der Waals surface area contributed by atoms with Crippen LogP contribution in [0.3, 0.4) is 0 Å². The molecule has 0 rings (SSSR count). The Bertz CT molecular complexity index is 348. The number of aliphatic imine (C=N–C) groups is 2. The number of hydrogen-bond donors (Lipinski definition) is 1. The van der Waals surface area contributed by atoms with Crippen molar-refractivity contribution in [2.45, 2.75) is 6.18 Å². The van der Waals surface area contributed by atoms with E-state index >= 15 is 0 Å². The zero-order valence-electron chi connectivity index (χ0n) is 10.9. The van der Waals surface area contributed by atoms with Crippen LogP contribution in [0.4, 0.5) is 13.2 Å². The van der Waals surface area contributed by atoms with Crippen molar-refractivity contribution in [3.8, 4) is 0 Å². The third-order valence-corrected chi connectivity index (χ3v) is 1.76. The lowest BCUT2D eigenvalue weighted by Gasteiger charge is -2.15. The highest BCUT2D eigenvalue weighted by Gasteiger charge is 2.28. The molecule has 108 valence electrons. The summed E-state index contributed by atoms with van der Waals surface area (Å²) in [6, 6.07) is 0. The van der Waals surface area contributed by atoms with Crippen LogP contribution >= 0.6 is 0 Å². The molecule has 19 heavy (non-hydrogen) atoms. The fraction of sp³-hybridized carbons (Fsp3) is 0.600. The summed E-state index contributed by atoms with van der Waals surface area (Å²) in [5.41, 5.74) is 3.15. The van der Waals surface area contributed by atoms with E-state index in [-0.39, 0.29) is 6.54 Å². The lowest BCUT2D eigenvalue weighted by Crippen LogP contribution is -2.30. The lowest BCUT2D eigenvalue weighted by molar-refractivity contribution is -0.135. The smallest absolute Gasteiger partial charge is 0.357 e. The maximum atomic E-state index is 12.0. The first-order chi connectivity index (χ1) is 8.89. The minimum Gasteiger partial charge on any atom is -0.357 e. The van der Waals surface area contributed by atoms with Gasteiger partial charge >= 0.3 is 6.18 Å². The topological polar surface area (TPSA) is 64.7 Å². The lowest BCUT2D eigenvalue weighted by atomic mass is 10.4. The molecule has 0 spiro atoms. The molecule has 0 heterocycles. The molecule has 0 aliphatic rings. The number of nitrogens with zero attached hydrogens (tertiary/aromatic N) is 5. The molecule has 9 heteroatoms. The van der Waals surface area contributed by atoms with Crippen LogP contribution in [0.2, 0.25) is 0 Å². The van der Waals surface area contributed by atoms with E-state index in [9.17, 15) is 13.2 Å². The summed E-state index contributed by atoms with van der Waals surface area (Å²) in [6.45, 7) is 2.84. The Labute approximate surface area is 109 Å². The zero-order chi connectivity index (χ0) is 14.7. The Kier molecular flexibility index (Phi) is 8.14. The van der Waals surface area contributed by atoms with E-state index in [1.165, 1.54) is 14.1 Å². The molecular weight excluding hydrogens is 261 g/mol. The molecule has 0 aromatic rings. The predicted octanol–water partition coefficient (Wildman–Crippen LogP) is 1.68. The molecule has 0 radical (unpaired) electrons. The van der Waals surface area contributed by atoms with Crippen LogP contribution in [0.15, 0.2) is 32.1 Å². The monoisotopic (exact) mass is 278 g/mol. The highest BCUT2D eigenvalue weighted by molar-refractivity contribution is 5.54. The van der Waals surface area contributed by atoms with E-state index in [2.05, 4.69) is 32.5 Å². The van der Waals surface area contributed by atoms with Crippen LogP contribution in [-0.4, -0.2) is 57.9 Å². The maximum absolute atomic E-state index is 12.0. The Balaban J connectivity index is 4.15. The van der Waals surface area contributed by atoms with Crippen molar-refractivity contribution >= 4 is 13.1 Å². The van der Waals surface area contributed by atoms with Crippen LogP contribution < -0.4 is 5.43 Å². The number of nitrogens with one attached hydrogen (secondary N) is 1. The van der Waals surface area contributed by atoms with Gasteiger partial charge in [0.1, 0.15) is 6.54 Å². The Morgan fingerprint density at radius 2 is 2.11 bits per heavy atom. The first kappa shape index (κ1) is 17.1. The molecule has 0 atom stereocenters. The van der Waals surface area contributed by atoms with E-state index < -0.39 is 12.7 Å². The molecule has 0 amide bonds. The first-order valence-electron chi connectivity index (χ1n) is 5.33. The van der Waals surface area contributed by atoms with Gasteiger partial charge in [0.05, 0.1) is 32.2 Å². The fourth-order valence-electron chi connectivity index (χ4n) is 1.05. The zero-order valence-corrected chi connectivity index (χ0v) is 10.9. The van der Waals surface area contributed by atoms with Crippen molar-refractivity contribution < 1.29 is 13.2 Å². The summed E-state index contributed by atoms with van der Waals surface area (Å²) in [7, 11) is 2.81. The third-order valence-electron chi connectivity index (χ3n) is 1.76. The molecule has 0 aromatic carbocycles. The molecule has 0 saturated carbocycles. The Morgan fingerprint density at radius 3 is 2.63 bits per heavy atom. The molecule has 0 saturated heterocycles. The summed E-state index contributed by atoms with van der Waals surface area (Å²) in [6.07, 6.45) is -1.46. The van der Waals surface area contributed by atoms with Crippen molar-refractivity contribution in [3.63, 3.8) is 0 Å². The normalized spacial score (nSPS) is 13.2. The largest absolute Gasteiger partial charge is 0.405 e. The van der Waals surface area contributed by atoms with E-state index in [4.69, 9.17) is 0 Å². The minimum absolute atomic E-state index is 0.149. The summed E-state index contributed by atoms with van der Waals surface area (Å²) in [5, 5.41) is 7.00. The minimum atomic E-state index is -4.24. The third kappa shape index (κ3) is 10.9. The average molecular weight is 278 g/mol. The molecule has 6 nitrogen and oxygen atoms in total. The quantitative estimate of drug-likeness (QED) is 0.241. The van der Waals surface area contributed by atoms with E-state index in [0.29, 0.717) is 12.2 Å². The second kappa shape index (κ2) is 9.06. The van der Waals surface area contributed by atoms with E-state index in [1.54, 1.807) is 6.08 Å². The SMILES string of the molecule is C=N/C(=C\CN/N=N\C)C/N=C\N(C)CC(F)(F)F. The van der Waals surface area contributed by atoms with Gasteiger partial charge < -0.3 is 4.90 Å². The first-order valence-corrected chi connectivity index (χ1v) is 5.33. The van der Waals surface area contributed by atoms with Crippen LogP contribution in [0, 0.1) is 0 Å². The maximum Gasteiger partial charge on any atom is 0.405 e.